The monoisotopic (exact) mass is 958 g/mol. The van der Waals surface area contributed by atoms with Crippen molar-refractivity contribution in [3.8, 4) is 0 Å². The highest BCUT2D eigenvalue weighted by Crippen LogP contribution is 2.43. The van der Waals surface area contributed by atoms with Gasteiger partial charge in [0.15, 0.2) is 0 Å². The molecule has 1 amide bonds. The Morgan fingerprint density at radius 1 is 0.552 bits per heavy atom. The van der Waals surface area contributed by atoms with E-state index in [1.165, 1.54) is 70.6 Å². The average Bonchev–Trinajstić information content (AvgIpc) is 3.28. The van der Waals surface area contributed by atoms with Crippen molar-refractivity contribution in [2.24, 2.45) is 0 Å². The fourth-order valence-corrected chi connectivity index (χ4v) is 7.92. The highest BCUT2D eigenvalue weighted by Gasteiger charge is 2.30. The summed E-state index contributed by atoms with van der Waals surface area (Å²) in [4.78, 5) is 37.4. The predicted molar refractivity (Wildman–Crippen MR) is 286 cm³/mol. The van der Waals surface area contributed by atoms with Gasteiger partial charge >= 0.3 is 13.8 Å². The molecule has 3 unspecified atom stereocenters. The Bertz CT molecular complexity index is 1430. The van der Waals surface area contributed by atoms with Crippen LogP contribution in [0.5, 0.6) is 0 Å². The van der Waals surface area contributed by atoms with Crippen LogP contribution in [-0.4, -0.2) is 74.3 Å². The fraction of sp³-hybridized carbons (Fsp3) is 0.719. The molecule has 0 aromatic carbocycles. The van der Waals surface area contributed by atoms with Gasteiger partial charge in [-0.15, -0.1) is 0 Å². The zero-order valence-corrected chi connectivity index (χ0v) is 44.8. The summed E-state index contributed by atoms with van der Waals surface area (Å²) in [5.74, 6) is -0.562. The number of ether oxygens (including phenoxy) is 1. The number of hydrogen-bond acceptors (Lipinski definition) is 6. The number of allylic oxidation sites excluding steroid dienone is 13. The Kier molecular flexibility index (Phi) is 44.9. The highest BCUT2D eigenvalue weighted by molar-refractivity contribution is 7.47. The number of esters is 1. The molecule has 0 bridgehead atoms. The number of hydrogen-bond donors (Lipinski definition) is 2. The number of phosphoric acid groups is 1. The summed E-state index contributed by atoms with van der Waals surface area (Å²) in [6.45, 7) is 6.79. The topological polar surface area (TPSA) is 111 Å². The largest absolute Gasteiger partial charge is 0.472 e. The van der Waals surface area contributed by atoms with Crippen molar-refractivity contribution < 1.29 is 37.3 Å². The minimum atomic E-state index is -4.45. The van der Waals surface area contributed by atoms with Crippen LogP contribution in [0.3, 0.4) is 0 Å². The van der Waals surface area contributed by atoms with Gasteiger partial charge in [-0.05, 0) is 89.5 Å². The van der Waals surface area contributed by atoms with E-state index in [2.05, 4.69) is 92.9 Å². The minimum Gasteiger partial charge on any atom is -0.456 e. The molecule has 0 aromatic heterocycles. The van der Waals surface area contributed by atoms with Crippen LogP contribution in [0.2, 0.25) is 0 Å². The number of nitrogens with zero attached hydrogens (tertiary/aromatic N) is 1. The normalized spacial score (nSPS) is 14.6. The van der Waals surface area contributed by atoms with Gasteiger partial charge in [-0.25, -0.2) is 4.57 Å². The maximum atomic E-state index is 13.5. The molecule has 3 atom stereocenters. The number of unbranched alkanes of at least 4 members (excludes halogenated alkanes) is 21. The van der Waals surface area contributed by atoms with Gasteiger partial charge in [-0.3, -0.25) is 18.6 Å². The molecule has 0 saturated carbocycles. The molecule has 2 N–H and O–H groups in total. The van der Waals surface area contributed by atoms with Crippen LogP contribution < -0.4 is 5.32 Å². The molecule has 0 heterocycles. The molecule has 9 nitrogen and oxygen atoms in total. The summed E-state index contributed by atoms with van der Waals surface area (Å²) in [6, 6.07) is -0.870. The summed E-state index contributed by atoms with van der Waals surface area (Å²) in [5.41, 5.74) is 0. The van der Waals surface area contributed by atoms with Crippen molar-refractivity contribution in [2.75, 3.05) is 40.9 Å². The molecular formula is C57H102N2O7P+. The van der Waals surface area contributed by atoms with E-state index < -0.39 is 20.0 Å². The lowest BCUT2D eigenvalue weighted by Crippen LogP contribution is -2.47. The first kappa shape index (κ1) is 64.2. The first-order valence-corrected chi connectivity index (χ1v) is 28.4. The van der Waals surface area contributed by atoms with Crippen LogP contribution in [0.25, 0.3) is 0 Å². The van der Waals surface area contributed by atoms with E-state index >= 15 is 0 Å². The number of amides is 1. The number of carbonyl (C=O) groups excluding carboxylic acids is 2. The van der Waals surface area contributed by atoms with Crippen molar-refractivity contribution in [3.63, 3.8) is 0 Å². The second kappa shape index (κ2) is 46.9. The molecule has 0 aromatic rings. The lowest BCUT2D eigenvalue weighted by atomic mass is 10.1. The molecule has 0 saturated heterocycles. The first-order valence-electron chi connectivity index (χ1n) is 26.9. The molecule has 0 rings (SSSR count). The number of likely N-dealkylation sites (N-methyl/N-ethyl adjacent to an activating group) is 1. The number of nitrogens with one attached hydrogen (secondary N) is 1. The quantitative estimate of drug-likeness (QED) is 0.0156. The van der Waals surface area contributed by atoms with Crippen LogP contribution in [0.4, 0.5) is 0 Å². The molecule has 386 valence electrons. The van der Waals surface area contributed by atoms with Gasteiger partial charge in [0, 0.05) is 12.8 Å². The number of carbonyl (C=O) groups is 2. The van der Waals surface area contributed by atoms with Gasteiger partial charge in [0.1, 0.15) is 19.3 Å². The summed E-state index contributed by atoms with van der Waals surface area (Å²) < 4.78 is 30.5. The Morgan fingerprint density at radius 2 is 1.01 bits per heavy atom. The van der Waals surface area contributed by atoms with E-state index in [9.17, 15) is 19.0 Å². The maximum absolute atomic E-state index is 13.5. The van der Waals surface area contributed by atoms with E-state index in [0.717, 1.165) is 96.3 Å². The van der Waals surface area contributed by atoms with E-state index in [0.29, 0.717) is 30.3 Å². The van der Waals surface area contributed by atoms with Crippen molar-refractivity contribution in [2.45, 2.75) is 226 Å². The summed E-state index contributed by atoms with van der Waals surface area (Å²) in [5, 5.41) is 3.02. The third-order valence-electron chi connectivity index (χ3n) is 11.4. The number of phosphoric ester groups is 1. The van der Waals surface area contributed by atoms with Gasteiger partial charge < -0.3 is 19.4 Å². The third kappa shape index (κ3) is 48.0. The van der Waals surface area contributed by atoms with Gasteiger partial charge in [0.05, 0.1) is 33.8 Å². The Labute approximate surface area is 412 Å². The second-order valence-electron chi connectivity index (χ2n) is 19.1. The molecule has 0 fully saturated rings. The zero-order valence-electron chi connectivity index (χ0n) is 43.9. The van der Waals surface area contributed by atoms with E-state index in [4.69, 9.17) is 13.8 Å². The van der Waals surface area contributed by atoms with E-state index in [1.54, 1.807) is 0 Å². The lowest BCUT2D eigenvalue weighted by molar-refractivity contribution is -0.870. The van der Waals surface area contributed by atoms with Crippen molar-refractivity contribution in [3.05, 3.63) is 85.1 Å². The minimum absolute atomic E-state index is 0.0281. The standard InChI is InChI=1S/C57H101N2O7P/c1-7-10-13-16-19-22-25-27-28-29-30-32-34-37-40-43-46-49-56(60)58-54(53-65-67(62,63)64-52-51-59(4,5)6)55(48-45-42-39-36-33-24-21-18-15-12-9-3)66-57(61)50-47-44-41-38-35-31-26-23-20-17-14-11-8-2/h11,14,17,19-20,22-23,26-28,30,32,45,48,54-55H,7-10,12-13,15-16,18,21,24-25,29,31,33-44,46-47,49-53H2,1-6H3,(H-,58,60,62,63)/p+1/b14-11+,20-17+,22-19-,26-23-,28-27-,32-30-,48-45-. The summed E-state index contributed by atoms with van der Waals surface area (Å²) in [6.07, 6.45) is 60.1. The predicted octanol–water partition coefficient (Wildman–Crippen LogP) is 15.9. The smallest absolute Gasteiger partial charge is 0.456 e. The van der Waals surface area contributed by atoms with Crippen LogP contribution in [0, 0.1) is 0 Å². The van der Waals surface area contributed by atoms with Gasteiger partial charge in [-0.2, -0.15) is 0 Å². The Hall–Kier alpha value is -2.81. The molecule has 0 aliphatic carbocycles. The Morgan fingerprint density at radius 3 is 1.58 bits per heavy atom. The third-order valence-corrected chi connectivity index (χ3v) is 12.4. The number of quaternary nitrogens is 1. The number of rotatable bonds is 47. The lowest BCUT2D eigenvalue weighted by Gasteiger charge is -2.27. The maximum Gasteiger partial charge on any atom is 0.472 e. The molecular weight excluding hydrogens is 856 g/mol. The summed E-state index contributed by atoms with van der Waals surface area (Å²) in [7, 11) is 1.45. The van der Waals surface area contributed by atoms with Crippen LogP contribution in [0.1, 0.15) is 213 Å². The van der Waals surface area contributed by atoms with Crippen LogP contribution in [0.15, 0.2) is 85.1 Å². The summed E-state index contributed by atoms with van der Waals surface area (Å²) >= 11 is 0. The highest BCUT2D eigenvalue weighted by atomic mass is 31.2. The molecule has 10 heteroatoms. The van der Waals surface area contributed by atoms with Crippen molar-refractivity contribution in [1.29, 1.82) is 0 Å². The fourth-order valence-electron chi connectivity index (χ4n) is 7.18. The van der Waals surface area contributed by atoms with Crippen molar-refractivity contribution in [1.82, 2.24) is 5.32 Å². The van der Waals surface area contributed by atoms with Gasteiger partial charge in [0.2, 0.25) is 5.91 Å². The SMILES string of the molecule is CC/C=C/C=C/C=C\CCCCCCCC(=O)OC(/C=C\CCCCCCCCCCC)C(COP(=O)(O)OCC[N+](C)(C)C)NC(=O)CCCCCC/C=C\C/C=C\C/C=C\CCCCC. The molecule has 0 spiro atoms. The zero-order chi connectivity index (χ0) is 49.4. The Balaban J connectivity index is 5.45. The molecule has 67 heavy (non-hydrogen) atoms. The van der Waals surface area contributed by atoms with Crippen LogP contribution >= 0.6 is 7.82 Å². The van der Waals surface area contributed by atoms with Gasteiger partial charge in [-0.1, -0.05) is 196 Å². The van der Waals surface area contributed by atoms with E-state index in [-0.39, 0.29) is 31.5 Å². The van der Waals surface area contributed by atoms with Gasteiger partial charge in [0.25, 0.3) is 0 Å². The van der Waals surface area contributed by atoms with E-state index in [1.807, 2.05) is 39.4 Å². The van der Waals surface area contributed by atoms with Crippen LogP contribution in [-0.2, 0) is 27.9 Å². The second-order valence-corrected chi connectivity index (χ2v) is 20.5. The average molecular weight is 958 g/mol. The van der Waals surface area contributed by atoms with Crippen molar-refractivity contribution >= 4 is 19.7 Å². The molecule has 0 aliphatic heterocycles. The molecule has 0 aliphatic rings. The molecule has 0 radical (unpaired) electrons. The first-order chi connectivity index (χ1) is 32.4.